The van der Waals surface area contributed by atoms with E-state index in [1.54, 1.807) is 35.1 Å². The Kier molecular flexibility index (Phi) is 5.09. The van der Waals surface area contributed by atoms with E-state index in [0.29, 0.717) is 16.4 Å². The number of amides is 2. The van der Waals surface area contributed by atoms with E-state index in [4.69, 9.17) is 11.6 Å². The van der Waals surface area contributed by atoms with Crippen LogP contribution in [0.2, 0.25) is 5.02 Å². The van der Waals surface area contributed by atoms with E-state index in [-0.39, 0.29) is 6.03 Å². The van der Waals surface area contributed by atoms with Gasteiger partial charge in [0.05, 0.1) is 11.7 Å². The zero-order valence-corrected chi connectivity index (χ0v) is 17.9. The van der Waals surface area contributed by atoms with E-state index < -0.39 is 0 Å². The minimum atomic E-state index is -0.318. The molecule has 3 aromatic carbocycles. The number of halogens is 1. The summed E-state index contributed by atoms with van der Waals surface area (Å²) in [5, 5.41) is 19.1. The predicted octanol–water partition coefficient (Wildman–Crippen LogP) is 5.93. The summed E-state index contributed by atoms with van der Waals surface area (Å²) < 4.78 is 1.76. The molecule has 0 fully saturated rings. The van der Waals surface area contributed by atoms with Crippen molar-refractivity contribution < 1.29 is 4.79 Å². The first kappa shape index (κ1) is 19.8. The molecule has 5 aromatic rings. The maximum atomic E-state index is 12.2. The van der Waals surface area contributed by atoms with Gasteiger partial charge in [0, 0.05) is 40.6 Å². The number of hydrogen-bond acceptors (Lipinski definition) is 3. The van der Waals surface area contributed by atoms with Crippen molar-refractivity contribution in [1.82, 2.24) is 20.0 Å². The van der Waals surface area contributed by atoms with Gasteiger partial charge >= 0.3 is 6.03 Å². The smallest absolute Gasteiger partial charge is 0.308 e. The van der Waals surface area contributed by atoms with Crippen molar-refractivity contribution >= 4 is 39.9 Å². The molecule has 0 spiro atoms. The summed E-state index contributed by atoms with van der Waals surface area (Å²) in [7, 11) is 1.89. The molecule has 3 N–H and O–H groups in total. The lowest BCUT2D eigenvalue weighted by atomic mass is 10.0. The summed E-state index contributed by atoms with van der Waals surface area (Å²) in [5.74, 6) is 0. The minimum Gasteiger partial charge on any atom is -0.308 e. The summed E-state index contributed by atoms with van der Waals surface area (Å²) in [6.07, 6.45) is 3.75. The molecule has 2 aromatic heterocycles. The second-order valence-electron chi connectivity index (χ2n) is 7.40. The molecular formula is C24H19ClN6O. The molecule has 0 saturated heterocycles. The van der Waals surface area contributed by atoms with Crippen LogP contribution in [0.15, 0.2) is 79.1 Å². The van der Waals surface area contributed by atoms with Crippen molar-refractivity contribution in [2.45, 2.75) is 0 Å². The molecule has 0 bridgehead atoms. The summed E-state index contributed by atoms with van der Waals surface area (Å²) >= 11 is 5.87. The zero-order valence-electron chi connectivity index (χ0n) is 17.1. The van der Waals surface area contributed by atoms with Crippen molar-refractivity contribution in [3.63, 3.8) is 0 Å². The lowest BCUT2D eigenvalue weighted by Crippen LogP contribution is -2.19. The molecular weight excluding hydrogens is 424 g/mol. The highest BCUT2D eigenvalue weighted by Gasteiger charge is 2.11. The summed E-state index contributed by atoms with van der Waals surface area (Å²) in [4.78, 5) is 12.2. The molecule has 0 unspecified atom stereocenters. The van der Waals surface area contributed by atoms with E-state index in [0.717, 1.165) is 33.3 Å². The van der Waals surface area contributed by atoms with Crippen LogP contribution in [0.1, 0.15) is 0 Å². The molecule has 0 atom stereocenters. The Labute approximate surface area is 189 Å². The Hall–Kier alpha value is -4.10. The van der Waals surface area contributed by atoms with Gasteiger partial charge in [0.1, 0.15) is 5.69 Å². The quantitative estimate of drug-likeness (QED) is 0.322. The fourth-order valence-corrected chi connectivity index (χ4v) is 3.66. The Morgan fingerprint density at radius 2 is 1.56 bits per heavy atom. The molecule has 158 valence electrons. The first-order chi connectivity index (χ1) is 15.5. The minimum absolute atomic E-state index is 0.318. The number of benzene rings is 3. The number of nitrogens with one attached hydrogen (secondary N) is 3. The zero-order chi connectivity index (χ0) is 22.1. The molecule has 32 heavy (non-hydrogen) atoms. The van der Waals surface area contributed by atoms with Gasteiger partial charge in [-0.25, -0.2) is 4.79 Å². The molecule has 2 amide bonds. The molecule has 5 rings (SSSR count). The molecule has 0 aliphatic heterocycles. The van der Waals surface area contributed by atoms with Gasteiger partial charge in [0.15, 0.2) is 0 Å². The molecule has 2 heterocycles. The first-order valence-electron chi connectivity index (χ1n) is 9.96. The van der Waals surface area contributed by atoms with Gasteiger partial charge < -0.3 is 10.6 Å². The number of H-pyrrole nitrogens is 1. The molecule has 0 radical (unpaired) electrons. The van der Waals surface area contributed by atoms with Gasteiger partial charge in [0.2, 0.25) is 0 Å². The van der Waals surface area contributed by atoms with E-state index in [2.05, 4.69) is 44.1 Å². The highest BCUT2D eigenvalue weighted by Crippen LogP contribution is 2.30. The van der Waals surface area contributed by atoms with Gasteiger partial charge in [-0.2, -0.15) is 10.2 Å². The second kappa shape index (κ2) is 8.20. The van der Waals surface area contributed by atoms with Gasteiger partial charge in [-0.05, 0) is 59.7 Å². The number of aromatic nitrogens is 4. The van der Waals surface area contributed by atoms with E-state index in [9.17, 15) is 4.79 Å². The number of carbonyl (C=O) groups is 1. The van der Waals surface area contributed by atoms with Crippen molar-refractivity contribution in [1.29, 1.82) is 0 Å². The largest absolute Gasteiger partial charge is 0.323 e. The van der Waals surface area contributed by atoms with Crippen LogP contribution in [0.4, 0.5) is 16.2 Å². The second-order valence-corrected chi connectivity index (χ2v) is 7.84. The van der Waals surface area contributed by atoms with Gasteiger partial charge in [-0.1, -0.05) is 29.8 Å². The van der Waals surface area contributed by atoms with Crippen LogP contribution in [0, 0.1) is 0 Å². The van der Waals surface area contributed by atoms with E-state index in [1.807, 2.05) is 37.5 Å². The summed E-state index contributed by atoms with van der Waals surface area (Å²) in [5.41, 5.74) is 6.25. The van der Waals surface area contributed by atoms with Crippen molar-refractivity contribution in [3.05, 3.63) is 84.1 Å². The number of carbonyl (C=O) groups excluding carboxylic acids is 1. The van der Waals surface area contributed by atoms with Gasteiger partial charge in [0.25, 0.3) is 0 Å². The van der Waals surface area contributed by atoms with Crippen LogP contribution >= 0.6 is 11.6 Å². The highest BCUT2D eigenvalue weighted by atomic mass is 35.5. The average molecular weight is 443 g/mol. The molecule has 0 aliphatic rings. The van der Waals surface area contributed by atoms with Gasteiger partial charge in [-0.3, -0.25) is 9.78 Å². The number of rotatable bonds is 4. The maximum absolute atomic E-state index is 12.2. The number of aryl methyl sites for hydroxylation is 1. The fourth-order valence-electron chi connectivity index (χ4n) is 3.54. The normalized spacial score (nSPS) is 10.9. The standard InChI is InChI=1S/C24H19ClN6O/c1-31-14-17(13-26-31)23-21-11-4-16(12-22(21)29-30-23)15-2-7-19(8-3-15)27-24(32)28-20-9-5-18(25)6-10-20/h2-14H,1H3,(H,29,30)(H2,27,28,32). The number of aromatic amines is 1. The van der Waals surface area contributed by atoms with Crippen LogP contribution < -0.4 is 10.6 Å². The van der Waals surface area contributed by atoms with Crippen LogP contribution in [0.3, 0.4) is 0 Å². The lowest BCUT2D eigenvalue weighted by Gasteiger charge is -2.09. The van der Waals surface area contributed by atoms with E-state index >= 15 is 0 Å². The number of urea groups is 1. The molecule has 8 heteroatoms. The van der Waals surface area contributed by atoms with Gasteiger partial charge in [-0.15, -0.1) is 0 Å². The Bertz CT molecular complexity index is 1400. The number of anilines is 2. The number of nitrogens with zero attached hydrogens (tertiary/aromatic N) is 3. The summed E-state index contributed by atoms with van der Waals surface area (Å²) in [6.45, 7) is 0. The fraction of sp³-hybridized carbons (Fsp3) is 0.0417. The lowest BCUT2D eigenvalue weighted by molar-refractivity contribution is 0.262. The highest BCUT2D eigenvalue weighted by molar-refractivity contribution is 6.30. The third-order valence-corrected chi connectivity index (χ3v) is 5.37. The maximum Gasteiger partial charge on any atom is 0.323 e. The SMILES string of the molecule is Cn1cc(-c2n[nH]c3cc(-c4ccc(NC(=O)Nc5ccc(Cl)cc5)cc4)ccc23)cn1. The van der Waals surface area contributed by atoms with Crippen LogP contribution in [-0.2, 0) is 7.05 Å². The first-order valence-corrected chi connectivity index (χ1v) is 10.3. The molecule has 0 saturated carbocycles. The third kappa shape index (κ3) is 4.06. The third-order valence-electron chi connectivity index (χ3n) is 5.12. The van der Waals surface area contributed by atoms with Crippen molar-refractivity contribution in [2.24, 2.45) is 7.05 Å². The Morgan fingerprint density at radius 3 is 2.22 bits per heavy atom. The number of fused-ring (bicyclic) bond motifs is 1. The topological polar surface area (TPSA) is 87.6 Å². The summed E-state index contributed by atoms with van der Waals surface area (Å²) in [6, 6.07) is 20.5. The Morgan fingerprint density at radius 1 is 0.906 bits per heavy atom. The predicted molar refractivity (Wildman–Crippen MR) is 128 cm³/mol. The monoisotopic (exact) mass is 442 g/mol. The van der Waals surface area contributed by atoms with Crippen molar-refractivity contribution in [2.75, 3.05) is 10.6 Å². The van der Waals surface area contributed by atoms with Crippen LogP contribution in [-0.4, -0.2) is 26.0 Å². The number of hydrogen-bond donors (Lipinski definition) is 3. The molecule has 0 aliphatic carbocycles. The van der Waals surface area contributed by atoms with Crippen LogP contribution in [0.25, 0.3) is 33.3 Å². The van der Waals surface area contributed by atoms with E-state index in [1.165, 1.54) is 0 Å². The van der Waals surface area contributed by atoms with Crippen LogP contribution in [0.5, 0.6) is 0 Å². The Balaban J connectivity index is 1.31. The molecule has 7 nitrogen and oxygen atoms in total. The average Bonchev–Trinajstić information content (AvgIpc) is 3.41. The van der Waals surface area contributed by atoms with Crippen molar-refractivity contribution in [3.8, 4) is 22.4 Å².